The predicted octanol–water partition coefficient (Wildman–Crippen LogP) is 2.03. The number of benzene rings is 1. The average molecular weight is 264 g/mol. The Bertz CT molecular complexity index is 427. The summed E-state index contributed by atoms with van der Waals surface area (Å²) < 4.78 is 4.82. The van der Waals surface area contributed by atoms with Gasteiger partial charge in [0.1, 0.15) is 0 Å². The average Bonchev–Trinajstić information content (AvgIpc) is 2.37. The Morgan fingerprint density at radius 1 is 1.21 bits per heavy atom. The lowest BCUT2D eigenvalue weighted by Gasteiger charge is -2.13. The molecule has 0 heterocycles. The predicted molar refractivity (Wildman–Crippen MR) is 75.3 cm³/mol. The fourth-order valence-electron chi connectivity index (χ4n) is 1.46. The molecule has 1 amide bonds. The van der Waals surface area contributed by atoms with Crippen molar-refractivity contribution in [3.05, 3.63) is 24.3 Å². The summed E-state index contributed by atoms with van der Waals surface area (Å²) in [7, 11) is 3.89. The first-order chi connectivity index (χ1) is 9.02. The zero-order chi connectivity index (χ0) is 14.3. The Kier molecular flexibility index (Phi) is 5.85. The minimum atomic E-state index is -0.347. The minimum Gasteiger partial charge on any atom is -0.456 e. The van der Waals surface area contributed by atoms with Crippen LogP contribution in [0.1, 0.15) is 19.8 Å². The quantitative estimate of drug-likeness (QED) is 0.799. The molecule has 5 nitrogen and oxygen atoms in total. The lowest BCUT2D eigenvalue weighted by atomic mass is 10.2. The van der Waals surface area contributed by atoms with Crippen molar-refractivity contribution < 1.29 is 14.3 Å². The van der Waals surface area contributed by atoms with Crippen molar-refractivity contribution >= 4 is 23.3 Å². The van der Waals surface area contributed by atoms with Crippen LogP contribution in [-0.4, -0.2) is 32.6 Å². The molecule has 1 aromatic rings. The van der Waals surface area contributed by atoms with Crippen LogP contribution < -0.4 is 10.2 Å². The highest BCUT2D eigenvalue weighted by molar-refractivity contribution is 5.92. The largest absolute Gasteiger partial charge is 0.456 e. The Morgan fingerprint density at radius 2 is 1.84 bits per heavy atom. The van der Waals surface area contributed by atoms with Gasteiger partial charge in [-0.25, -0.2) is 0 Å². The maximum absolute atomic E-state index is 11.5. The molecule has 0 aromatic heterocycles. The molecule has 0 saturated heterocycles. The molecule has 0 aliphatic heterocycles. The van der Waals surface area contributed by atoms with Gasteiger partial charge < -0.3 is 15.0 Å². The monoisotopic (exact) mass is 264 g/mol. The van der Waals surface area contributed by atoms with E-state index in [9.17, 15) is 9.59 Å². The van der Waals surface area contributed by atoms with Gasteiger partial charge in [-0.05, 0) is 30.7 Å². The van der Waals surface area contributed by atoms with Crippen LogP contribution >= 0.6 is 0 Å². The standard InChI is InChI=1S/C14H20N2O3/c1-4-5-14(18)19-10-13(17)15-11-6-8-12(9-7-11)16(2)3/h6-9H,4-5,10H2,1-3H3,(H,15,17). The molecule has 1 N–H and O–H groups in total. The highest BCUT2D eigenvalue weighted by atomic mass is 16.5. The number of amides is 1. The Hall–Kier alpha value is -2.04. The topological polar surface area (TPSA) is 58.6 Å². The molecule has 1 rings (SSSR count). The van der Waals surface area contributed by atoms with Crippen LogP contribution in [0.5, 0.6) is 0 Å². The number of carbonyl (C=O) groups is 2. The first-order valence-corrected chi connectivity index (χ1v) is 6.25. The van der Waals surface area contributed by atoms with Crippen LogP contribution in [0.25, 0.3) is 0 Å². The van der Waals surface area contributed by atoms with Crippen molar-refractivity contribution in [3.63, 3.8) is 0 Å². The van der Waals surface area contributed by atoms with Gasteiger partial charge in [0.25, 0.3) is 5.91 Å². The molecule has 0 aliphatic rings. The zero-order valence-corrected chi connectivity index (χ0v) is 11.6. The molecule has 0 bridgehead atoms. The van der Waals surface area contributed by atoms with Gasteiger partial charge in [-0.15, -0.1) is 0 Å². The van der Waals surface area contributed by atoms with Crippen molar-refractivity contribution in [1.29, 1.82) is 0 Å². The third kappa shape index (κ3) is 5.42. The minimum absolute atomic E-state index is 0.242. The molecule has 0 saturated carbocycles. The molecule has 0 aliphatic carbocycles. The summed E-state index contributed by atoms with van der Waals surface area (Å²) in [6.45, 7) is 1.64. The van der Waals surface area contributed by atoms with Gasteiger partial charge in [0.05, 0.1) is 0 Å². The lowest BCUT2D eigenvalue weighted by Crippen LogP contribution is -2.20. The Morgan fingerprint density at radius 3 is 2.37 bits per heavy atom. The van der Waals surface area contributed by atoms with E-state index in [4.69, 9.17) is 4.74 Å². The number of nitrogens with zero attached hydrogens (tertiary/aromatic N) is 1. The summed E-state index contributed by atoms with van der Waals surface area (Å²) in [5.41, 5.74) is 1.73. The summed E-state index contributed by atoms with van der Waals surface area (Å²) in [5, 5.41) is 2.67. The smallest absolute Gasteiger partial charge is 0.306 e. The molecule has 0 radical (unpaired) electrons. The molecule has 104 valence electrons. The molecule has 5 heteroatoms. The van der Waals surface area contributed by atoms with E-state index in [0.29, 0.717) is 18.5 Å². The third-order valence-corrected chi connectivity index (χ3v) is 2.49. The van der Waals surface area contributed by atoms with Crippen LogP contribution in [0.15, 0.2) is 24.3 Å². The second-order valence-electron chi connectivity index (χ2n) is 4.40. The number of carbonyl (C=O) groups excluding carboxylic acids is 2. The summed E-state index contributed by atoms with van der Waals surface area (Å²) in [6.07, 6.45) is 1.05. The fraction of sp³-hybridized carbons (Fsp3) is 0.429. The molecule has 19 heavy (non-hydrogen) atoms. The number of nitrogens with one attached hydrogen (secondary N) is 1. The van der Waals surface area contributed by atoms with Crippen molar-refractivity contribution in [2.24, 2.45) is 0 Å². The summed E-state index contributed by atoms with van der Waals surface area (Å²) in [4.78, 5) is 24.6. The highest BCUT2D eigenvalue weighted by Crippen LogP contribution is 2.15. The van der Waals surface area contributed by atoms with Crippen molar-refractivity contribution in [2.45, 2.75) is 19.8 Å². The maximum atomic E-state index is 11.5. The number of anilines is 2. The maximum Gasteiger partial charge on any atom is 0.306 e. The van der Waals surface area contributed by atoms with E-state index >= 15 is 0 Å². The molecule has 1 aromatic carbocycles. The van der Waals surface area contributed by atoms with E-state index in [1.165, 1.54) is 0 Å². The van der Waals surface area contributed by atoms with Gasteiger partial charge in [-0.2, -0.15) is 0 Å². The molecule has 0 fully saturated rings. The van der Waals surface area contributed by atoms with Crippen molar-refractivity contribution in [3.8, 4) is 0 Å². The van der Waals surface area contributed by atoms with Gasteiger partial charge >= 0.3 is 5.97 Å². The Labute approximate surface area is 113 Å². The number of esters is 1. The summed E-state index contributed by atoms with van der Waals surface area (Å²) >= 11 is 0. The number of rotatable bonds is 6. The molecule has 0 atom stereocenters. The Balaban J connectivity index is 2.42. The van der Waals surface area contributed by atoms with Crippen LogP contribution in [0.2, 0.25) is 0 Å². The fourth-order valence-corrected chi connectivity index (χ4v) is 1.46. The third-order valence-electron chi connectivity index (χ3n) is 2.49. The number of hydrogen-bond acceptors (Lipinski definition) is 4. The van der Waals surface area contributed by atoms with E-state index in [2.05, 4.69) is 5.32 Å². The van der Waals surface area contributed by atoms with Crippen LogP contribution in [0.4, 0.5) is 11.4 Å². The molecular formula is C14H20N2O3. The van der Waals surface area contributed by atoms with Crippen LogP contribution in [-0.2, 0) is 14.3 Å². The van der Waals surface area contributed by atoms with E-state index in [-0.39, 0.29) is 18.5 Å². The van der Waals surface area contributed by atoms with Crippen molar-refractivity contribution in [2.75, 3.05) is 30.9 Å². The van der Waals surface area contributed by atoms with E-state index < -0.39 is 0 Å². The van der Waals surface area contributed by atoms with E-state index in [1.54, 1.807) is 12.1 Å². The first kappa shape index (κ1) is 15.0. The van der Waals surface area contributed by atoms with Crippen LogP contribution in [0.3, 0.4) is 0 Å². The molecular weight excluding hydrogens is 244 g/mol. The summed E-state index contributed by atoms with van der Waals surface area (Å²) in [6, 6.07) is 7.42. The van der Waals surface area contributed by atoms with Gasteiger partial charge in [0.2, 0.25) is 0 Å². The number of ether oxygens (including phenoxy) is 1. The lowest BCUT2D eigenvalue weighted by molar-refractivity contribution is -0.147. The molecule has 0 spiro atoms. The normalized spacial score (nSPS) is 9.84. The van der Waals surface area contributed by atoms with Gasteiger partial charge in [-0.3, -0.25) is 9.59 Å². The first-order valence-electron chi connectivity index (χ1n) is 6.25. The van der Waals surface area contributed by atoms with E-state index in [0.717, 1.165) is 5.69 Å². The van der Waals surface area contributed by atoms with Gasteiger partial charge in [-0.1, -0.05) is 6.92 Å². The second-order valence-corrected chi connectivity index (χ2v) is 4.40. The molecule has 0 unspecified atom stereocenters. The zero-order valence-electron chi connectivity index (χ0n) is 11.6. The van der Waals surface area contributed by atoms with Crippen molar-refractivity contribution in [1.82, 2.24) is 0 Å². The van der Waals surface area contributed by atoms with Gasteiger partial charge in [0, 0.05) is 31.9 Å². The van der Waals surface area contributed by atoms with Crippen LogP contribution in [0, 0.1) is 0 Å². The summed E-state index contributed by atoms with van der Waals surface area (Å²) in [5.74, 6) is -0.678. The SMILES string of the molecule is CCCC(=O)OCC(=O)Nc1ccc(N(C)C)cc1. The highest BCUT2D eigenvalue weighted by Gasteiger charge is 2.07. The van der Waals surface area contributed by atoms with Gasteiger partial charge in [0.15, 0.2) is 6.61 Å². The second kappa shape index (κ2) is 7.41. The van der Waals surface area contributed by atoms with E-state index in [1.807, 2.05) is 38.1 Å². The number of hydrogen-bond donors (Lipinski definition) is 1.